The Morgan fingerprint density at radius 3 is 2.65 bits per heavy atom. The fourth-order valence-corrected chi connectivity index (χ4v) is 2.50. The Morgan fingerprint density at radius 1 is 1.29 bits per heavy atom. The zero-order valence-electron chi connectivity index (χ0n) is 9.66. The maximum atomic E-state index is 5.68. The predicted molar refractivity (Wildman–Crippen MR) is 70.4 cm³/mol. The number of pyridine rings is 1. The van der Waals surface area contributed by atoms with Gasteiger partial charge in [-0.05, 0) is 28.1 Å². The van der Waals surface area contributed by atoms with Gasteiger partial charge in [0.2, 0.25) is 0 Å². The first-order valence-electron chi connectivity index (χ1n) is 5.11. The highest BCUT2D eigenvalue weighted by atomic mass is 79.9. The predicted octanol–water partition coefficient (Wildman–Crippen LogP) is 2.47. The molecule has 1 aromatic heterocycles. The molecule has 1 aromatic carbocycles. The lowest BCUT2D eigenvalue weighted by atomic mass is 10.1. The van der Waals surface area contributed by atoms with Crippen molar-refractivity contribution in [1.82, 2.24) is 4.98 Å². The first kappa shape index (κ1) is 12.1. The van der Waals surface area contributed by atoms with E-state index in [4.69, 9.17) is 15.2 Å². The number of methoxy groups -OCH3 is 2. The number of aromatic nitrogens is 1. The highest BCUT2D eigenvalue weighted by Gasteiger charge is 2.14. The molecule has 0 saturated carbocycles. The number of nitrogens with zero attached hydrogens (tertiary/aromatic N) is 1. The standard InChI is InChI=1S/C12H13BrN2O2/c1-16-10-5-8-7(11(13)12(10)17-2)3-4-15-9(8)6-14/h3-5H,6,14H2,1-2H3. The monoisotopic (exact) mass is 296 g/mol. The third-order valence-corrected chi connectivity index (χ3v) is 3.41. The third-order valence-electron chi connectivity index (χ3n) is 2.63. The summed E-state index contributed by atoms with van der Waals surface area (Å²) in [6, 6.07) is 3.81. The number of ether oxygens (including phenoxy) is 2. The summed E-state index contributed by atoms with van der Waals surface area (Å²) in [6.45, 7) is 0.388. The van der Waals surface area contributed by atoms with Gasteiger partial charge in [0.25, 0.3) is 0 Å². The topological polar surface area (TPSA) is 57.4 Å². The first-order chi connectivity index (χ1) is 8.22. The van der Waals surface area contributed by atoms with Crippen LogP contribution in [0, 0.1) is 0 Å². The molecule has 90 valence electrons. The lowest BCUT2D eigenvalue weighted by molar-refractivity contribution is 0.354. The molecular formula is C12H13BrN2O2. The minimum absolute atomic E-state index is 0.388. The Kier molecular flexibility index (Phi) is 3.49. The molecule has 0 unspecified atom stereocenters. The number of fused-ring (bicyclic) bond motifs is 1. The molecule has 0 amide bonds. The van der Waals surface area contributed by atoms with Gasteiger partial charge in [-0.2, -0.15) is 0 Å². The van der Waals surface area contributed by atoms with Crippen molar-refractivity contribution in [2.24, 2.45) is 5.73 Å². The molecule has 0 spiro atoms. The Balaban J connectivity index is 2.84. The molecule has 1 heterocycles. The molecule has 2 aromatic rings. The second kappa shape index (κ2) is 4.89. The van der Waals surface area contributed by atoms with E-state index in [1.54, 1.807) is 20.4 Å². The fourth-order valence-electron chi connectivity index (χ4n) is 1.80. The van der Waals surface area contributed by atoms with Gasteiger partial charge in [0.05, 0.1) is 24.4 Å². The van der Waals surface area contributed by atoms with Gasteiger partial charge in [0, 0.05) is 23.5 Å². The molecule has 0 aliphatic rings. The normalized spacial score (nSPS) is 10.6. The number of halogens is 1. The molecule has 4 nitrogen and oxygen atoms in total. The number of benzene rings is 1. The number of hydrogen-bond donors (Lipinski definition) is 1. The highest BCUT2D eigenvalue weighted by Crippen LogP contribution is 2.41. The third kappa shape index (κ3) is 1.96. The van der Waals surface area contributed by atoms with E-state index in [0.717, 1.165) is 20.9 Å². The average Bonchev–Trinajstić information content (AvgIpc) is 2.37. The van der Waals surface area contributed by atoms with Gasteiger partial charge in [-0.25, -0.2) is 0 Å². The van der Waals surface area contributed by atoms with E-state index < -0.39 is 0 Å². The van der Waals surface area contributed by atoms with Crippen LogP contribution in [0.5, 0.6) is 11.5 Å². The summed E-state index contributed by atoms with van der Waals surface area (Å²) < 4.78 is 11.5. The molecule has 2 N–H and O–H groups in total. The molecule has 17 heavy (non-hydrogen) atoms. The van der Waals surface area contributed by atoms with Crippen molar-refractivity contribution in [2.45, 2.75) is 6.54 Å². The van der Waals surface area contributed by atoms with Gasteiger partial charge in [-0.1, -0.05) is 0 Å². The molecule has 2 rings (SSSR count). The summed E-state index contributed by atoms with van der Waals surface area (Å²) in [7, 11) is 3.22. The fraction of sp³-hybridized carbons (Fsp3) is 0.250. The molecule has 0 atom stereocenters. The number of nitrogens with two attached hydrogens (primary N) is 1. The summed E-state index contributed by atoms with van der Waals surface area (Å²) in [5.74, 6) is 1.34. The zero-order chi connectivity index (χ0) is 12.4. The van der Waals surface area contributed by atoms with Crippen LogP contribution in [-0.4, -0.2) is 19.2 Å². The minimum Gasteiger partial charge on any atom is -0.493 e. The van der Waals surface area contributed by atoms with Crippen LogP contribution in [0.25, 0.3) is 10.8 Å². The largest absolute Gasteiger partial charge is 0.493 e. The van der Waals surface area contributed by atoms with E-state index in [2.05, 4.69) is 20.9 Å². The van der Waals surface area contributed by atoms with Crippen LogP contribution in [-0.2, 0) is 6.54 Å². The van der Waals surface area contributed by atoms with Crippen molar-refractivity contribution in [3.63, 3.8) is 0 Å². The van der Waals surface area contributed by atoms with Crippen molar-refractivity contribution < 1.29 is 9.47 Å². The number of rotatable bonds is 3. The Morgan fingerprint density at radius 2 is 2.06 bits per heavy atom. The summed E-state index contributed by atoms with van der Waals surface area (Å²) in [5, 5.41) is 1.98. The van der Waals surface area contributed by atoms with Crippen LogP contribution >= 0.6 is 15.9 Å². The molecule has 0 fully saturated rings. The molecular weight excluding hydrogens is 284 g/mol. The van der Waals surface area contributed by atoms with Gasteiger partial charge in [-0.15, -0.1) is 0 Å². The maximum Gasteiger partial charge on any atom is 0.175 e. The Labute approximate surface area is 108 Å². The van der Waals surface area contributed by atoms with Crippen LogP contribution < -0.4 is 15.2 Å². The Hall–Kier alpha value is -1.33. The van der Waals surface area contributed by atoms with Crippen molar-refractivity contribution >= 4 is 26.7 Å². The van der Waals surface area contributed by atoms with Gasteiger partial charge < -0.3 is 15.2 Å². The van der Waals surface area contributed by atoms with Gasteiger partial charge in [-0.3, -0.25) is 4.98 Å². The van der Waals surface area contributed by atoms with Gasteiger partial charge in [0.15, 0.2) is 11.5 Å². The summed E-state index contributed by atoms with van der Waals surface area (Å²) in [5.41, 5.74) is 6.52. The van der Waals surface area contributed by atoms with E-state index >= 15 is 0 Å². The quantitative estimate of drug-likeness (QED) is 0.945. The van der Waals surface area contributed by atoms with E-state index in [1.807, 2.05) is 12.1 Å². The molecule has 0 radical (unpaired) electrons. The van der Waals surface area contributed by atoms with Gasteiger partial charge in [0.1, 0.15) is 0 Å². The van der Waals surface area contributed by atoms with Gasteiger partial charge >= 0.3 is 0 Å². The van der Waals surface area contributed by atoms with E-state index in [1.165, 1.54) is 0 Å². The van der Waals surface area contributed by atoms with Crippen LogP contribution in [0.3, 0.4) is 0 Å². The minimum atomic E-state index is 0.388. The molecule has 0 saturated heterocycles. The average molecular weight is 297 g/mol. The molecule has 0 bridgehead atoms. The summed E-state index contributed by atoms with van der Waals surface area (Å²) >= 11 is 3.52. The van der Waals surface area contributed by atoms with E-state index in [-0.39, 0.29) is 0 Å². The maximum absolute atomic E-state index is 5.68. The second-order valence-corrected chi connectivity index (χ2v) is 4.28. The molecule has 0 aliphatic heterocycles. The van der Waals surface area contributed by atoms with E-state index in [0.29, 0.717) is 18.0 Å². The first-order valence-corrected chi connectivity index (χ1v) is 5.90. The van der Waals surface area contributed by atoms with E-state index in [9.17, 15) is 0 Å². The summed E-state index contributed by atoms with van der Waals surface area (Å²) in [4.78, 5) is 4.26. The Bertz CT molecular complexity index is 558. The van der Waals surface area contributed by atoms with Crippen LogP contribution in [0.1, 0.15) is 5.69 Å². The lowest BCUT2D eigenvalue weighted by Crippen LogP contribution is -2.01. The van der Waals surface area contributed by atoms with Crippen molar-refractivity contribution in [3.8, 4) is 11.5 Å². The van der Waals surface area contributed by atoms with Crippen molar-refractivity contribution in [2.75, 3.05) is 14.2 Å². The smallest absolute Gasteiger partial charge is 0.175 e. The molecule has 5 heteroatoms. The summed E-state index contributed by atoms with van der Waals surface area (Å²) in [6.07, 6.45) is 1.74. The van der Waals surface area contributed by atoms with Crippen LogP contribution in [0.15, 0.2) is 22.8 Å². The van der Waals surface area contributed by atoms with Crippen LogP contribution in [0.2, 0.25) is 0 Å². The van der Waals surface area contributed by atoms with Crippen molar-refractivity contribution in [1.29, 1.82) is 0 Å². The number of hydrogen-bond acceptors (Lipinski definition) is 4. The zero-order valence-corrected chi connectivity index (χ0v) is 11.2. The molecule has 0 aliphatic carbocycles. The lowest BCUT2D eigenvalue weighted by Gasteiger charge is -2.13. The van der Waals surface area contributed by atoms with Crippen molar-refractivity contribution in [3.05, 3.63) is 28.5 Å². The SMILES string of the molecule is COc1cc2c(CN)nccc2c(Br)c1OC. The van der Waals surface area contributed by atoms with Crippen LogP contribution in [0.4, 0.5) is 0 Å². The second-order valence-electron chi connectivity index (χ2n) is 3.48. The highest BCUT2D eigenvalue weighted by molar-refractivity contribution is 9.10.